The standard InChI is InChI=1S/C55H105O10P/c1-3-5-7-9-11-13-15-17-19-21-23-24-25-26-27-29-31-33-35-37-39-41-43-45-47-55(59)65-53(49-57)51-63-66(60,61)62-50-52(48-56)64-54(58)46-44-42-40-38-36-34-32-30-28-22-20-18-16-14-12-10-8-6-4-2/h12,14,18,20,52-53,56-57H,3-11,13,15-17,19,21-51H2,1-2H3,(H,60,61)/b14-12-,20-18-. The molecule has 0 rings (SSSR count). The van der Waals surface area contributed by atoms with Gasteiger partial charge in [0.1, 0.15) is 12.2 Å². The summed E-state index contributed by atoms with van der Waals surface area (Å²) in [6.45, 7) is 2.24. The topological polar surface area (TPSA) is 149 Å². The van der Waals surface area contributed by atoms with E-state index in [0.717, 1.165) is 51.4 Å². The van der Waals surface area contributed by atoms with Gasteiger partial charge in [0, 0.05) is 12.8 Å². The molecule has 0 saturated heterocycles. The van der Waals surface area contributed by atoms with Crippen molar-refractivity contribution in [1.29, 1.82) is 0 Å². The maximum atomic E-state index is 12.4. The number of hydrogen-bond acceptors (Lipinski definition) is 9. The molecule has 11 heteroatoms. The Morgan fingerprint density at radius 3 is 0.970 bits per heavy atom. The van der Waals surface area contributed by atoms with Gasteiger partial charge < -0.3 is 24.6 Å². The van der Waals surface area contributed by atoms with Crippen LogP contribution in [0.3, 0.4) is 0 Å². The Bertz CT molecular complexity index is 1150. The third-order valence-electron chi connectivity index (χ3n) is 12.4. The molecule has 390 valence electrons. The third-order valence-corrected chi connectivity index (χ3v) is 13.4. The van der Waals surface area contributed by atoms with E-state index in [2.05, 4.69) is 38.2 Å². The highest BCUT2D eigenvalue weighted by Crippen LogP contribution is 2.43. The van der Waals surface area contributed by atoms with E-state index in [1.165, 1.54) is 186 Å². The van der Waals surface area contributed by atoms with Gasteiger partial charge in [0.2, 0.25) is 0 Å². The molecule has 3 unspecified atom stereocenters. The van der Waals surface area contributed by atoms with Crippen molar-refractivity contribution in [2.75, 3.05) is 26.4 Å². The lowest BCUT2D eigenvalue weighted by Crippen LogP contribution is -2.28. The molecule has 0 aliphatic rings. The van der Waals surface area contributed by atoms with Crippen LogP contribution in [0.2, 0.25) is 0 Å². The van der Waals surface area contributed by atoms with Crippen LogP contribution >= 0.6 is 7.82 Å². The van der Waals surface area contributed by atoms with Crippen LogP contribution in [0.5, 0.6) is 0 Å². The summed E-state index contributed by atoms with van der Waals surface area (Å²) >= 11 is 0. The van der Waals surface area contributed by atoms with Crippen LogP contribution in [-0.2, 0) is 32.7 Å². The summed E-state index contributed by atoms with van der Waals surface area (Å²) in [6, 6.07) is 0. The molecule has 0 aliphatic carbocycles. The fourth-order valence-electron chi connectivity index (χ4n) is 8.15. The highest BCUT2D eigenvalue weighted by Gasteiger charge is 2.27. The van der Waals surface area contributed by atoms with Gasteiger partial charge in [-0.25, -0.2) is 4.57 Å². The van der Waals surface area contributed by atoms with Gasteiger partial charge in [-0.2, -0.15) is 0 Å². The lowest BCUT2D eigenvalue weighted by atomic mass is 10.0. The Labute approximate surface area is 406 Å². The molecule has 0 heterocycles. The first-order chi connectivity index (χ1) is 32.3. The zero-order valence-corrected chi connectivity index (χ0v) is 43.8. The highest BCUT2D eigenvalue weighted by atomic mass is 31.2. The van der Waals surface area contributed by atoms with E-state index >= 15 is 0 Å². The first kappa shape index (κ1) is 64.5. The molecule has 0 aromatic rings. The van der Waals surface area contributed by atoms with Gasteiger partial charge in [-0.3, -0.25) is 18.6 Å². The number of rotatable bonds is 53. The number of carbonyl (C=O) groups is 2. The van der Waals surface area contributed by atoms with Gasteiger partial charge in [0.05, 0.1) is 26.4 Å². The smallest absolute Gasteiger partial charge is 0.457 e. The van der Waals surface area contributed by atoms with E-state index in [4.69, 9.17) is 18.5 Å². The first-order valence-electron chi connectivity index (χ1n) is 27.8. The average Bonchev–Trinajstić information content (AvgIpc) is 3.31. The van der Waals surface area contributed by atoms with Crippen molar-refractivity contribution in [3.8, 4) is 0 Å². The number of esters is 2. The maximum absolute atomic E-state index is 12.4. The minimum atomic E-state index is -4.64. The summed E-state index contributed by atoms with van der Waals surface area (Å²) in [6.07, 6.45) is 55.9. The molecule has 0 fully saturated rings. The Kier molecular flexibility index (Phi) is 50.1. The summed E-state index contributed by atoms with van der Waals surface area (Å²) in [5, 5.41) is 19.3. The predicted molar refractivity (Wildman–Crippen MR) is 275 cm³/mol. The van der Waals surface area contributed by atoms with Gasteiger partial charge in [0.15, 0.2) is 0 Å². The summed E-state index contributed by atoms with van der Waals surface area (Å²) in [7, 11) is -4.64. The first-order valence-corrected chi connectivity index (χ1v) is 29.3. The van der Waals surface area contributed by atoms with Gasteiger partial charge in [0.25, 0.3) is 0 Å². The summed E-state index contributed by atoms with van der Waals surface area (Å²) in [5.74, 6) is -1.01. The minimum absolute atomic E-state index is 0.190. The number of aliphatic hydroxyl groups excluding tert-OH is 2. The Balaban J connectivity index is 3.76. The van der Waals surface area contributed by atoms with Gasteiger partial charge in [-0.15, -0.1) is 0 Å². The lowest BCUT2D eigenvalue weighted by molar-refractivity contribution is -0.153. The normalized spacial score (nSPS) is 13.7. The number of phosphoric acid groups is 1. The molecule has 0 aliphatic heterocycles. The SMILES string of the molecule is CCCCC/C=C\C/C=C\CCCCCCCCCCCC(=O)OC(CO)COP(=O)(O)OCC(CO)OC(=O)CCCCCCCCCCCCCCCCCCCCCCCCCC. The summed E-state index contributed by atoms with van der Waals surface area (Å²) in [4.78, 5) is 34.8. The van der Waals surface area contributed by atoms with E-state index in [1.807, 2.05) is 0 Å². The molecule has 0 radical (unpaired) electrons. The van der Waals surface area contributed by atoms with Crippen LogP contribution in [0.15, 0.2) is 24.3 Å². The van der Waals surface area contributed by atoms with Crippen LogP contribution < -0.4 is 0 Å². The van der Waals surface area contributed by atoms with Crippen LogP contribution in [0, 0.1) is 0 Å². The van der Waals surface area contributed by atoms with Crippen LogP contribution in [0.4, 0.5) is 0 Å². The Hall–Kier alpha value is -1.55. The summed E-state index contributed by atoms with van der Waals surface area (Å²) in [5.41, 5.74) is 0. The number of phosphoric ester groups is 1. The van der Waals surface area contributed by atoms with Crippen LogP contribution in [-0.4, -0.2) is 65.7 Å². The molecule has 66 heavy (non-hydrogen) atoms. The molecule has 0 aromatic heterocycles. The van der Waals surface area contributed by atoms with E-state index in [1.54, 1.807) is 0 Å². The number of allylic oxidation sites excluding steroid dienone is 4. The average molecular weight is 957 g/mol. The minimum Gasteiger partial charge on any atom is -0.457 e. The zero-order valence-electron chi connectivity index (χ0n) is 42.9. The second kappa shape index (κ2) is 51.3. The number of ether oxygens (including phenoxy) is 2. The fourth-order valence-corrected chi connectivity index (χ4v) is 8.93. The molecule has 0 bridgehead atoms. The van der Waals surface area contributed by atoms with Crippen molar-refractivity contribution in [1.82, 2.24) is 0 Å². The molecular formula is C55H105O10P. The van der Waals surface area contributed by atoms with Crippen molar-refractivity contribution in [3.05, 3.63) is 24.3 Å². The predicted octanol–water partition coefficient (Wildman–Crippen LogP) is 16.1. The molecule has 0 spiro atoms. The molecule has 3 N–H and O–H groups in total. The van der Waals surface area contributed by atoms with E-state index in [-0.39, 0.29) is 12.8 Å². The van der Waals surface area contributed by atoms with Gasteiger partial charge in [-0.1, -0.05) is 244 Å². The van der Waals surface area contributed by atoms with Gasteiger partial charge in [-0.05, 0) is 44.9 Å². The molecular weight excluding hydrogens is 852 g/mol. The van der Waals surface area contributed by atoms with E-state index in [0.29, 0.717) is 12.8 Å². The van der Waals surface area contributed by atoms with E-state index < -0.39 is 58.4 Å². The van der Waals surface area contributed by atoms with Crippen molar-refractivity contribution >= 4 is 19.8 Å². The quantitative estimate of drug-likeness (QED) is 0.0233. The Morgan fingerprint density at radius 1 is 0.409 bits per heavy atom. The Morgan fingerprint density at radius 2 is 0.667 bits per heavy atom. The monoisotopic (exact) mass is 957 g/mol. The van der Waals surface area contributed by atoms with Crippen LogP contribution in [0.25, 0.3) is 0 Å². The number of aliphatic hydroxyl groups is 2. The molecule has 0 amide bonds. The van der Waals surface area contributed by atoms with Crippen LogP contribution in [0.1, 0.15) is 277 Å². The second-order valence-electron chi connectivity index (χ2n) is 18.9. The second-order valence-corrected chi connectivity index (χ2v) is 20.4. The third kappa shape index (κ3) is 48.9. The van der Waals surface area contributed by atoms with Crippen molar-refractivity contribution in [2.45, 2.75) is 289 Å². The van der Waals surface area contributed by atoms with Gasteiger partial charge >= 0.3 is 19.8 Å². The number of unbranched alkanes of at least 4 members (excludes halogenated alkanes) is 35. The van der Waals surface area contributed by atoms with E-state index in [9.17, 15) is 29.3 Å². The molecule has 0 saturated carbocycles. The number of carbonyl (C=O) groups excluding carboxylic acids is 2. The number of hydrogen-bond donors (Lipinski definition) is 3. The molecule has 10 nitrogen and oxygen atoms in total. The van der Waals surface area contributed by atoms with Crippen molar-refractivity contribution < 1.29 is 47.8 Å². The largest absolute Gasteiger partial charge is 0.472 e. The lowest BCUT2D eigenvalue weighted by Gasteiger charge is -2.20. The zero-order chi connectivity index (χ0) is 48.3. The van der Waals surface area contributed by atoms with Crippen molar-refractivity contribution in [3.63, 3.8) is 0 Å². The maximum Gasteiger partial charge on any atom is 0.472 e. The van der Waals surface area contributed by atoms with Crippen molar-refractivity contribution in [2.24, 2.45) is 0 Å². The fraction of sp³-hybridized carbons (Fsp3) is 0.891. The molecule has 3 atom stereocenters. The summed E-state index contributed by atoms with van der Waals surface area (Å²) < 4.78 is 32.8. The highest BCUT2D eigenvalue weighted by molar-refractivity contribution is 7.47. The molecule has 0 aromatic carbocycles.